The summed E-state index contributed by atoms with van der Waals surface area (Å²) < 4.78 is 2.57. The average molecular weight is 321 g/mol. The van der Waals surface area contributed by atoms with Gasteiger partial charge in [0.1, 0.15) is 0 Å². The second-order valence-electron chi connectivity index (χ2n) is 2.92. The summed E-state index contributed by atoms with van der Waals surface area (Å²) >= 11 is 8.52. The summed E-state index contributed by atoms with van der Waals surface area (Å²) in [6.07, 6.45) is 0. The lowest BCUT2D eigenvalue weighted by atomic mass is 10.2. The molecule has 0 amide bonds. The van der Waals surface area contributed by atoms with E-state index >= 15 is 0 Å². The minimum absolute atomic E-state index is 1.03. The Labute approximate surface area is 100 Å². The van der Waals surface area contributed by atoms with Crippen LogP contribution in [0.25, 0.3) is 10.2 Å². The van der Waals surface area contributed by atoms with Crippen LogP contribution >= 0.6 is 46.6 Å². The lowest BCUT2D eigenvalue weighted by molar-refractivity contribution is 1.28. The first-order valence-electron chi connectivity index (χ1n) is 3.85. The molecule has 68 valence electrons. The second-order valence-corrected chi connectivity index (χ2v) is 5.68. The molecule has 2 aromatic rings. The number of hydrogen-bond acceptors (Lipinski definition) is 3. The first kappa shape index (κ1) is 9.73. The van der Waals surface area contributed by atoms with Crippen LogP contribution in [0.2, 0.25) is 0 Å². The third-order valence-corrected chi connectivity index (χ3v) is 5.13. The molecule has 1 aromatic carbocycles. The zero-order valence-electron chi connectivity index (χ0n) is 7.26. The Morgan fingerprint density at radius 1 is 1.46 bits per heavy atom. The molecule has 0 spiro atoms. The maximum Gasteiger partial charge on any atom is 0.0908 e. The molecule has 4 heteroatoms. The van der Waals surface area contributed by atoms with Crippen molar-refractivity contribution in [3.8, 4) is 0 Å². The van der Waals surface area contributed by atoms with Crippen molar-refractivity contribution in [2.45, 2.75) is 18.7 Å². The molecule has 0 radical (unpaired) electrons. The Bertz CT molecular complexity index is 476. The monoisotopic (exact) mass is 321 g/mol. The molecule has 0 aliphatic carbocycles. The number of hydrogen-bond donors (Lipinski definition) is 1. The molecule has 0 saturated carbocycles. The van der Waals surface area contributed by atoms with Gasteiger partial charge in [0, 0.05) is 8.47 Å². The number of fused-ring (bicyclic) bond motifs is 1. The number of rotatable bonds is 0. The van der Waals surface area contributed by atoms with Crippen LogP contribution in [-0.2, 0) is 0 Å². The lowest BCUT2D eigenvalue weighted by Crippen LogP contribution is -1.83. The standard InChI is InChI=1S/C9H8INS2/c1-4-7(12)3-6-9(8(4)10)13-5(2)11-6/h3,12H,1-2H3. The molecule has 2 rings (SSSR count). The highest BCUT2D eigenvalue weighted by molar-refractivity contribution is 14.1. The fourth-order valence-electron chi connectivity index (χ4n) is 1.22. The van der Waals surface area contributed by atoms with E-state index in [1.807, 2.05) is 13.0 Å². The quantitative estimate of drug-likeness (QED) is 0.575. The van der Waals surface area contributed by atoms with Crippen LogP contribution in [0.1, 0.15) is 10.6 Å². The van der Waals surface area contributed by atoms with Gasteiger partial charge in [0.05, 0.1) is 15.2 Å². The van der Waals surface area contributed by atoms with Crippen LogP contribution in [0, 0.1) is 17.4 Å². The van der Waals surface area contributed by atoms with Crippen LogP contribution in [0.4, 0.5) is 0 Å². The van der Waals surface area contributed by atoms with E-state index in [9.17, 15) is 0 Å². The normalized spacial score (nSPS) is 11.1. The molecule has 0 aliphatic rings. The van der Waals surface area contributed by atoms with E-state index in [0.717, 1.165) is 15.4 Å². The number of aromatic nitrogens is 1. The Morgan fingerprint density at radius 2 is 2.15 bits per heavy atom. The molecule has 0 atom stereocenters. The molecule has 1 nitrogen and oxygen atoms in total. The predicted molar refractivity (Wildman–Crippen MR) is 69.1 cm³/mol. The molecule has 0 bridgehead atoms. The SMILES string of the molecule is Cc1nc2cc(S)c(C)c(I)c2s1. The van der Waals surface area contributed by atoms with E-state index in [1.54, 1.807) is 11.3 Å². The van der Waals surface area contributed by atoms with Gasteiger partial charge >= 0.3 is 0 Å². The fourth-order valence-corrected chi connectivity index (χ4v) is 3.45. The molecule has 1 aromatic heterocycles. The number of nitrogens with zero attached hydrogens (tertiary/aromatic N) is 1. The Kier molecular flexibility index (Phi) is 2.55. The van der Waals surface area contributed by atoms with Crippen molar-refractivity contribution in [1.29, 1.82) is 0 Å². The first-order valence-corrected chi connectivity index (χ1v) is 6.19. The minimum atomic E-state index is 1.03. The van der Waals surface area contributed by atoms with Crippen molar-refractivity contribution in [1.82, 2.24) is 4.98 Å². The molecule has 0 saturated heterocycles. The fraction of sp³-hybridized carbons (Fsp3) is 0.222. The van der Waals surface area contributed by atoms with E-state index in [0.29, 0.717) is 0 Å². The van der Waals surface area contributed by atoms with Gasteiger partial charge in [0.2, 0.25) is 0 Å². The van der Waals surface area contributed by atoms with E-state index in [1.165, 1.54) is 13.8 Å². The van der Waals surface area contributed by atoms with Crippen molar-refractivity contribution < 1.29 is 0 Å². The molecule has 0 aliphatic heterocycles. The van der Waals surface area contributed by atoms with Gasteiger partial charge < -0.3 is 0 Å². The number of thiol groups is 1. The summed E-state index contributed by atoms with van der Waals surface area (Å²) in [5.74, 6) is 0. The summed E-state index contributed by atoms with van der Waals surface area (Å²) in [4.78, 5) is 5.47. The molecular formula is C9H8INS2. The van der Waals surface area contributed by atoms with Crippen molar-refractivity contribution in [2.24, 2.45) is 0 Å². The van der Waals surface area contributed by atoms with Gasteiger partial charge in [-0.15, -0.1) is 24.0 Å². The summed E-state index contributed by atoms with van der Waals surface area (Å²) in [6, 6.07) is 2.04. The average Bonchev–Trinajstić information content (AvgIpc) is 2.42. The maximum absolute atomic E-state index is 4.44. The van der Waals surface area contributed by atoms with Gasteiger partial charge in [-0.2, -0.15) is 0 Å². The van der Waals surface area contributed by atoms with Gasteiger partial charge in [0.25, 0.3) is 0 Å². The molecule has 0 fully saturated rings. The van der Waals surface area contributed by atoms with E-state index in [4.69, 9.17) is 0 Å². The molecule has 0 N–H and O–H groups in total. The highest BCUT2D eigenvalue weighted by atomic mass is 127. The van der Waals surface area contributed by atoms with Crippen molar-refractivity contribution in [3.63, 3.8) is 0 Å². The summed E-state index contributed by atoms with van der Waals surface area (Å²) in [5.41, 5.74) is 2.32. The smallest absolute Gasteiger partial charge is 0.0908 e. The van der Waals surface area contributed by atoms with Crippen molar-refractivity contribution in [2.75, 3.05) is 0 Å². The third-order valence-electron chi connectivity index (χ3n) is 1.95. The first-order chi connectivity index (χ1) is 6.09. The summed E-state index contributed by atoms with van der Waals surface area (Å²) in [6.45, 7) is 4.13. The van der Waals surface area contributed by atoms with Crippen LogP contribution in [0.15, 0.2) is 11.0 Å². The summed E-state index contributed by atoms with van der Waals surface area (Å²) in [5, 5.41) is 1.12. The zero-order chi connectivity index (χ0) is 9.59. The topological polar surface area (TPSA) is 12.9 Å². The molecule has 1 heterocycles. The van der Waals surface area contributed by atoms with Gasteiger partial charge in [-0.05, 0) is 48.1 Å². The van der Waals surface area contributed by atoms with Crippen molar-refractivity contribution in [3.05, 3.63) is 20.2 Å². The van der Waals surface area contributed by atoms with Gasteiger partial charge in [-0.3, -0.25) is 0 Å². The third kappa shape index (κ3) is 1.59. The summed E-state index contributed by atoms with van der Waals surface area (Å²) in [7, 11) is 0. The number of halogens is 1. The Morgan fingerprint density at radius 3 is 2.85 bits per heavy atom. The van der Waals surface area contributed by atoms with E-state index in [2.05, 4.69) is 47.1 Å². The van der Waals surface area contributed by atoms with E-state index in [-0.39, 0.29) is 0 Å². The van der Waals surface area contributed by atoms with Crippen molar-refractivity contribution >= 4 is 56.8 Å². The van der Waals surface area contributed by atoms with E-state index < -0.39 is 0 Å². The largest absolute Gasteiger partial charge is 0.241 e. The molecular weight excluding hydrogens is 313 g/mol. The minimum Gasteiger partial charge on any atom is -0.241 e. The molecule has 13 heavy (non-hydrogen) atoms. The highest BCUT2D eigenvalue weighted by Crippen LogP contribution is 2.32. The van der Waals surface area contributed by atoms with Crippen LogP contribution in [-0.4, -0.2) is 4.98 Å². The lowest BCUT2D eigenvalue weighted by Gasteiger charge is -2.01. The molecule has 0 unspecified atom stereocenters. The van der Waals surface area contributed by atoms with Crippen LogP contribution < -0.4 is 0 Å². The van der Waals surface area contributed by atoms with Crippen LogP contribution in [0.5, 0.6) is 0 Å². The Balaban J connectivity index is 2.92. The number of benzene rings is 1. The van der Waals surface area contributed by atoms with Crippen LogP contribution in [0.3, 0.4) is 0 Å². The number of thiazole rings is 1. The van der Waals surface area contributed by atoms with Gasteiger partial charge in [-0.1, -0.05) is 0 Å². The Hall–Kier alpha value is 0.190. The highest BCUT2D eigenvalue weighted by Gasteiger charge is 2.09. The second kappa shape index (κ2) is 3.40. The zero-order valence-corrected chi connectivity index (χ0v) is 11.1. The maximum atomic E-state index is 4.44. The van der Waals surface area contributed by atoms with Gasteiger partial charge in [-0.25, -0.2) is 4.98 Å². The van der Waals surface area contributed by atoms with Gasteiger partial charge in [0.15, 0.2) is 0 Å². The number of aryl methyl sites for hydroxylation is 1. The predicted octanol–water partition coefficient (Wildman–Crippen LogP) is 3.81.